The molecule has 4 aromatic rings. The zero-order valence-electron chi connectivity index (χ0n) is 19.2. The fourth-order valence-electron chi connectivity index (χ4n) is 4.50. The number of hydrogen-bond acceptors (Lipinski definition) is 7. The summed E-state index contributed by atoms with van der Waals surface area (Å²) in [5.74, 6) is -0.185. The highest BCUT2D eigenvalue weighted by Crippen LogP contribution is 2.31. The molecular formula is C25H23F2N7O2. The largest absolute Gasteiger partial charge is 0.369 e. The SMILES string of the molecule is O=[N+]([O-])c1ccc(N2CCN([C@H](c3ccccc3F)c3nnnn3Cc3ccc(F)cc3)CC2)cc1. The lowest BCUT2D eigenvalue weighted by atomic mass is 10.0. The van der Waals surface area contributed by atoms with Crippen LogP contribution >= 0.6 is 0 Å². The molecule has 0 radical (unpaired) electrons. The molecule has 36 heavy (non-hydrogen) atoms. The summed E-state index contributed by atoms with van der Waals surface area (Å²) in [6.07, 6.45) is 0. The third-order valence-electron chi connectivity index (χ3n) is 6.35. The van der Waals surface area contributed by atoms with Crippen LogP contribution in [0.4, 0.5) is 20.2 Å². The number of nitro groups is 1. The van der Waals surface area contributed by atoms with E-state index in [2.05, 4.69) is 25.3 Å². The number of hydrogen-bond donors (Lipinski definition) is 0. The molecule has 11 heteroatoms. The van der Waals surface area contributed by atoms with Gasteiger partial charge in [-0.3, -0.25) is 15.0 Å². The minimum Gasteiger partial charge on any atom is -0.369 e. The van der Waals surface area contributed by atoms with E-state index in [0.29, 0.717) is 44.1 Å². The fraction of sp³-hybridized carbons (Fsp3) is 0.240. The van der Waals surface area contributed by atoms with E-state index in [1.54, 1.807) is 47.1 Å². The molecule has 1 atom stereocenters. The number of benzene rings is 3. The number of piperazine rings is 1. The molecule has 0 spiro atoms. The number of aromatic nitrogens is 4. The van der Waals surface area contributed by atoms with Crippen LogP contribution < -0.4 is 4.90 Å². The summed E-state index contributed by atoms with van der Waals surface area (Å²) >= 11 is 0. The highest BCUT2D eigenvalue weighted by atomic mass is 19.1. The van der Waals surface area contributed by atoms with Crippen molar-refractivity contribution in [3.8, 4) is 0 Å². The second-order valence-corrected chi connectivity index (χ2v) is 8.54. The first-order valence-corrected chi connectivity index (χ1v) is 11.5. The van der Waals surface area contributed by atoms with Crippen LogP contribution in [-0.2, 0) is 6.54 Å². The smallest absolute Gasteiger partial charge is 0.269 e. The lowest BCUT2D eigenvalue weighted by molar-refractivity contribution is -0.384. The van der Waals surface area contributed by atoms with Crippen LogP contribution in [0.2, 0.25) is 0 Å². The van der Waals surface area contributed by atoms with E-state index in [4.69, 9.17) is 0 Å². The Labute approximate surface area is 205 Å². The monoisotopic (exact) mass is 491 g/mol. The van der Waals surface area contributed by atoms with E-state index >= 15 is 4.39 Å². The molecular weight excluding hydrogens is 468 g/mol. The van der Waals surface area contributed by atoms with E-state index in [1.165, 1.54) is 30.3 Å². The van der Waals surface area contributed by atoms with E-state index in [0.717, 1.165) is 11.3 Å². The quantitative estimate of drug-likeness (QED) is 0.287. The van der Waals surface area contributed by atoms with Crippen LogP contribution in [0, 0.1) is 21.7 Å². The predicted molar refractivity (Wildman–Crippen MR) is 128 cm³/mol. The Kier molecular flexibility index (Phi) is 6.63. The van der Waals surface area contributed by atoms with Crippen LogP contribution in [0.25, 0.3) is 0 Å². The first-order chi connectivity index (χ1) is 17.5. The van der Waals surface area contributed by atoms with Crippen LogP contribution in [0.3, 0.4) is 0 Å². The molecule has 0 unspecified atom stereocenters. The minimum absolute atomic E-state index is 0.0463. The summed E-state index contributed by atoms with van der Waals surface area (Å²) in [5, 5.41) is 23.2. The van der Waals surface area contributed by atoms with E-state index < -0.39 is 11.0 Å². The molecule has 0 bridgehead atoms. The Morgan fingerprint density at radius 2 is 1.61 bits per heavy atom. The van der Waals surface area contributed by atoms with Crippen LogP contribution in [0.5, 0.6) is 0 Å². The summed E-state index contributed by atoms with van der Waals surface area (Å²) < 4.78 is 30.0. The van der Waals surface area contributed by atoms with Crippen LogP contribution in [-0.4, -0.2) is 56.2 Å². The van der Waals surface area contributed by atoms with Crippen molar-refractivity contribution in [2.24, 2.45) is 0 Å². The van der Waals surface area contributed by atoms with Gasteiger partial charge < -0.3 is 4.90 Å². The van der Waals surface area contributed by atoms with Gasteiger partial charge in [-0.05, 0) is 46.3 Å². The number of tetrazole rings is 1. The Balaban J connectivity index is 1.40. The summed E-state index contributed by atoms with van der Waals surface area (Å²) in [6, 6.07) is 18.6. The van der Waals surface area contributed by atoms with Crippen LogP contribution in [0.1, 0.15) is 23.0 Å². The molecule has 1 saturated heterocycles. The Morgan fingerprint density at radius 1 is 0.917 bits per heavy atom. The van der Waals surface area contributed by atoms with Crippen molar-refractivity contribution in [3.05, 3.63) is 111 Å². The van der Waals surface area contributed by atoms with Crippen LogP contribution in [0.15, 0.2) is 72.8 Å². The molecule has 1 fully saturated rings. The summed E-state index contributed by atoms with van der Waals surface area (Å²) in [6.45, 7) is 2.79. The Hall–Kier alpha value is -4.25. The average Bonchev–Trinajstić information content (AvgIpc) is 3.35. The molecule has 0 amide bonds. The molecule has 9 nitrogen and oxygen atoms in total. The molecule has 1 aliphatic heterocycles. The number of rotatable bonds is 7. The van der Waals surface area contributed by atoms with Gasteiger partial charge in [0.15, 0.2) is 5.82 Å². The zero-order chi connectivity index (χ0) is 25.1. The second-order valence-electron chi connectivity index (χ2n) is 8.54. The first-order valence-electron chi connectivity index (χ1n) is 11.5. The second kappa shape index (κ2) is 10.2. The van der Waals surface area contributed by atoms with Gasteiger partial charge in [0, 0.05) is 49.6 Å². The van der Waals surface area contributed by atoms with Crippen molar-refractivity contribution < 1.29 is 13.7 Å². The van der Waals surface area contributed by atoms with E-state index in [1.807, 2.05) is 0 Å². The van der Waals surface area contributed by atoms with Gasteiger partial charge in [0.25, 0.3) is 5.69 Å². The minimum atomic E-state index is -0.527. The van der Waals surface area contributed by atoms with Gasteiger partial charge in [-0.1, -0.05) is 30.3 Å². The first kappa shape index (κ1) is 23.5. The van der Waals surface area contributed by atoms with Gasteiger partial charge in [-0.25, -0.2) is 13.5 Å². The van der Waals surface area contributed by atoms with Crippen molar-refractivity contribution in [1.82, 2.24) is 25.1 Å². The maximum Gasteiger partial charge on any atom is 0.269 e. The number of non-ortho nitro benzene ring substituents is 1. The number of halogens is 2. The van der Waals surface area contributed by atoms with Gasteiger partial charge in [-0.2, -0.15) is 0 Å². The zero-order valence-corrected chi connectivity index (χ0v) is 19.2. The molecule has 0 aliphatic carbocycles. The number of nitro benzene ring substituents is 1. The summed E-state index contributed by atoms with van der Waals surface area (Å²) in [7, 11) is 0. The topological polar surface area (TPSA) is 93.2 Å². The van der Waals surface area contributed by atoms with Gasteiger partial charge in [0.05, 0.1) is 11.5 Å². The molecule has 3 aromatic carbocycles. The summed E-state index contributed by atoms with van der Waals surface area (Å²) in [4.78, 5) is 14.8. The Bertz CT molecular complexity index is 1340. The average molecular weight is 492 g/mol. The highest BCUT2D eigenvalue weighted by molar-refractivity contribution is 5.51. The van der Waals surface area contributed by atoms with Crippen molar-refractivity contribution >= 4 is 11.4 Å². The highest BCUT2D eigenvalue weighted by Gasteiger charge is 2.32. The molecule has 1 aromatic heterocycles. The molecule has 0 N–H and O–H groups in total. The van der Waals surface area contributed by atoms with Crippen molar-refractivity contribution in [2.45, 2.75) is 12.6 Å². The summed E-state index contributed by atoms with van der Waals surface area (Å²) in [5.41, 5.74) is 2.23. The predicted octanol–water partition coefficient (Wildman–Crippen LogP) is 3.82. The van der Waals surface area contributed by atoms with Crippen molar-refractivity contribution in [1.29, 1.82) is 0 Å². The van der Waals surface area contributed by atoms with E-state index in [9.17, 15) is 14.5 Å². The normalized spacial score (nSPS) is 15.1. The molecule has 2 heterocycles. The lowest BCUT2D eigenvalue weighted by Crippen LogP contribution is -2.48. The van der Waals surface area contributed by atoms with Gasteiger partial charge in [0.1, 0.15) is 17.7 Å². The number of anilines is 1. The third kappa shape index (κ3) is 4.91. The molecule has 5 rings (SSSR count). The fourth-order valence-corrected chi connectivity index (χ4v) is 4.50. The van der Waals surface area contributed by atoms with Crippen molar-refractivity contribution in [2.75, 3.05) is 31.1 Å². The standard InChI is InChI=1S/C25H23F2N7O2/c26-19-7-5-18(6-8-19)17-33-25(28-29-30-33)24(22-3-1-2-4-23(22)27)32-15-13-31(14-16-32)20-9-11-21(12-10-20)34(35)36/h1-12,24H,13-17H2/t24-/m1/s1. The molecule has 184 valence electrons. The maximum atomic E-state index is 15.0. The maximum absolute atomic E-state index is 15.0. The third-order valence-corrected chi connectivity index (χ3v) is 6.35. The molecule has 0 saturated carbocycles. The lowest BCUT2D eigenvalue weighted by Gasteiger charge is -2.40. The molecule has 1 aliphatic rings. The Morgan fingerprint density at radius 3 is 2.28 bits per heavy atom. The van der Waals surface area contributed by atoms with E-state index in [-0.39, 0.29) is 17.3 Å². The van der Waals surface area contributed by atoms with Gasteiger partial charge in [-0.15, -0.1) is 5.10 Å². The van der Waals surface area contributed by atoms with Gasteiger partial charge >= 0.3 is 0 Å². The number of nitrogens with zero attached hydrogens (tertiary/aromatic N) is 7. The van der Waals surface area contributed by atoms with Gasteiger partial charge in [0.2, 0.25) is 0 Å². The van der Waals surface area contributed by atoms with Crippen molar-refractivity contribution in [3.63, 3.8) is 0 Å².